The van der Waals surface area contributed by atoms with Gasteiger partial charge in [-0.15, -0.1) is 0 Å². The summed E-state index contributed by atoms with van der Waals surface area (Å²) in [5.74, 6) is 0.345. The third kappa shape index (κ3) is 5.11. The molecule has 2 saturated heterocycles. The van der Waals surface area contributed by atoms with Crippen molar-refractivity contribution in [2.45, 2.75) is 51.0 Å². The molecule has 0 radical (unpaired) electrons. The van der Waals surface area contributed by atoms with Crippen molar-refractivity contribution < 1.29 is 4.79 Å². The third-order valence-corrected chi connectivity index (χ3v) is 4.43. The summed E-state index contributed by atoms with van der Waals surface area (Å²) in [7, 11) is 2.20. The van der Waals surface area contributed by atoms with Crippen molar-refractivity contribution in [1.29, 1.82) is 0 Å². The fraction of sp³-hybridized carbons (Fsp3) is 0.933. The highest BCUT2D eigenvalue weighted by Crippen LogP contribution is 2.11. The second kappa shape index (κ2) is 7.85. The molecule has 2 aliphatic heterocycles. The van der Waals surface area contributed by atoms with Gasteiger partial charge < -0.3 is 15.1 Å². The van der Waals surface area contributed by atoms with E-state index in [9.17, 15) is 4.79 Å². The van der Waals surface area contributed by atoms with Crippen LogP contribution in [-0.2, 0) is 4.79 Å². The predicted molar refractivity (Wildman–Crippen MR) is 78.2 cm³/mol. The van der Waals surface area contributed by atoms with E-state index in [-0.39, 0.29) is 0 Å². The number of nitrogens with zero attached hydrogens (tertiary/aromatic N) is 2. The fourth-order valence-electron chi connectivity index (χ4n) is 3.13. The van der Waals surface area contributed by atoms with Crippen molar-refractivity contribution in [2.75, 3.05) is 39.8 Å². The highest BCUT2D eigenvalue weighted by Gasteiger charge is 2.17. The zero-order chi connectivity index (χ0) is 13.5. The number of piperidine rings is 1. The predicted octanol–water partition coefficient (Wildman–Crippen LogP) is 1.46. The van der Waals surface area contributed by atoms with E-state index in [1.54, 1.807) is 0 Å². The Morgan fingerprint density at radius 1 is 1.05 bits per heavy atom. The van der Waals surface area contributed by atoms with Gasteiger partial charge in [-0.25, -0.2) is 0 Å². The molecule has 2 heterocycles. The Kier molecular flexibility index (Phi) is 6.11. The van der Waals surface area contributed by atoms with E-state index in [4.69, 9.17) is 0 Å². The Morgan fingerprint density at radius 3 is 2.63 bits per heavy atom. The van der Waals surface area contributed by atoms with Gasteiger partial charge in [0.05, 0.1) is 0 Å². The summed E-state index contributed by atoms with van der Waals surface area (Å²) < 4.78 is 0. The van der Waals surface area contributed by atoms with Crippen LogP contribution in [0.1, 0.15) is 44.9 Å². The van der Waals surface area contributed by atoms with Gasteiger partial charge in [-0.05, 0) is 58.7 Å². The van der Waals surface area contributed by atoms with Crippen molar-refractivity contribution in [3.05, 3.63) is 0 Å². The summed E-state index contributed by atoms with van der Waals surface area (Å²) >= 11 is 0. The largest absolute Gasteiger partial charge is 0.343 e. The Morgan fingerprint density at radius 2 is 1.84 bits per heavy atom. The molecule has 0 saturated carbocycles. The molecule has 1 amide bonds. The molecule has 1 N–H and O–H groups in total. The molecule has 0 aromatic rings. The zero-order valence-electron chi connectivity index (χ0n) is 12.4. The number of carbonyl (C=O) groups excluding carboxylic acids is 1. The molecule has 0 aromatic heterocycles. The van der Waals surface area contributed by atoms with Gasteiger partial charge >= 0.3 is 0 Å². The molecule has 4 heteroatoms. The Labute approximate surface area is 117 Å². The van der Waals surface area contributed by atoms with E-state index in [1.165, 1.54) is 51.6 Å². The van der Waals surface area contributed by atoms with Gasteiger partial charge in [-0.3, -0.25) is 4.79 Å². The molecule has 110 valence electrons. The molecule has 2 rings (SSSR count). The number of likely N-dealkylation sites (tertiary alicyclic amines) is 2. The van der Waals surface area contributed by atoms with Crippen LogP contribution in [0.25, 0.3) is 0 Å². The number of hydrogen-bond acceptors (Lipinski definition) is 3. The number of carbonyl (C=O) groups is 1. The summed E-state index contributed by atoms with van der Waals surface area (Å²) in [4.78, 5) is 16.5. The first kappa shape index (κ1) is 14.8. The van der Waals surface area contributed by atoms with Crippen LogP contribution in [0.3, 0.4) is 0 Å². The molecule has 19 heavy (non-hydrogen) atoms. The van der Waals surface area contributed by atoms with Crippen molar-refractivity contribution in [1.82, 2.24) is 15.1 Å². The fourth-order valence-corrected chi connectivity index (χ4v) is 3.13. The van der Waals surface area contributed by atoms with Crippen LogP contribution in [0, 0.1) is 0 Å². The van der Waals surface area contributed by atoms with Gasteiger partial charge in [0.2, 0.25) is 5.91 Å². The van der Waals surface area contributed by atoms with E-state index in [2.05, 4.69) is 17.3 Å². The average molecular weight is 267 g/mol. The minimum atomic E-state index is 0.345. The Balaban J connectivity index is 1.61. The van der Waals surface area contributed by atoms with E-state index in [0.717, 1.165) is 19.6 Å². The van der Waals surface area contributed by atoms with E-state index >= 15 is 0 Å². The van der Waals surface area contributed by atoms with Gasteiger partial charge in [0.15, 0.2) is 0 Å². The lowest BCUT2D eigenvalue weighted by Gasteiger charge is -2.27. The first-order valence-corrected chi connectivity index (χ1v) is 7.95. The minimum absolute atomic E-state index is 0.345. The van der Waals surface area contributed by atoms with Gasteiger partial charge in [0, 0.05) is 32.1 Å². The summed E-state index contributed by atoms with van der Waals surface area (Å²) in [5, 5.41) is 3.58. The van der Waals surface area contributed by atoms with E-state index < -0.39 is 0 Å². The van der Waals surface area contributed by atoms with Crippen molar-refractivity contribution >= 4 is 5.91 Å². The van der Waals surface area contributed by atoms with Crippen LogP contribution in [-0.4, -0.2) is 61.5 Å². The maximum Gasteiger partial charge on any atom is 0.223 e. The Hall–Kier alpha value is -0.610. The van der Waals surface area contributed by atoms with Crippen LogP contribution in [0.15, 0.2) is 0 Å². The lowest BCUT2D eigenvalue weighted by Crippen LogP contribution is -2.38. The standard InChI is InChI=1S/C15H29N3O/c1-17-10-5-6-14(8-13-17)16-9-7-15(19)18-11-3-2-4-12-18/h14,16H,2-13H2,1H3. The number of rotatable bonds is 4. The van der Waals surface area contributed by atoms with Gasteiger partial charge in [0.25, 0.3) is 0 Å². The van der Waals surface area contributed by atoms with E-state index in [1.807, 2.05) is 4.90 Å². The van der Waals surface area contributed by atoms with Crippen LogP contribution in [0.4, 0.5) is 0 Å². The summed E-state index contributed by atoms with van der Waals surface area (Å²) in [6, 6.07) is 0.610. The van der Waals surface area contributed by atoms with Gasteiger partial charge in [0.1, 0.15) is 0 Å². The quantitative estimate of drug-likeness (QED) is 0.838. The molecule has 1 atom stereocenters. The van der Waals surface area contributed by atoms with Gasteiger partial charge in [-0.2, -0.15) is 0 Å². The van der Waals surface area contributed by atoms with Crippen LogP contribution in [0.5, 0.6) is 0 Å². The van der Waals surface area contributed by atoms with E-state index in [0.29, 0.717) is 18.4 Å². The molecular weight excluding hydrogens is 238 g/mol. The lowest BCUT2D eigenvalue weighted by atomic mass is 10.1. The molecule has 0 spiro atoms. The second-order valence-corrected chi connectivity index (χ2v) is 6.08. The van der Waals surface area contributed by atoms with Crippen LogP contribution in [0.2, 0.25) is 0 Å². The first-order valence-electron chi connectivity index (χ1n) is 7.95. The maximum atomic E-state index is 12.0. The highest BCUT2D eigenvalue weighted by atomic mass is 16.2. The smallest absolute Gasteiger partial charge is 0.223 e. The van der Waals surface area contributed by atoms with Crippen LogP contribution < -0.4 is 5.32 Å². The molecule has 2 fully saturated rings. The highest BCUT2D eigenvalue weighted by molar-refractivity contribution is 5.76. The summed E-state index contributed by atoms with van der Waals surface area (Å²) in [6.45, 7) is 5.20. The number of nitrogens with one attached hydrogen (secondary N) is 1. The second-order valence-electron chi connectivity index (χ2n) is 6.08. The number of amides is 1. The molecule has 0 aromatic carbocycles. The summed E-state index contributed by atoms with van der Waals surface area (Å²) in [6.07, 6.45) is 8.08. The van der Waals surface area contributed by atoms with Crippen molar-refractivity contribution in [3.63, 3.8) is 0 Å². The third-order valence-electron chi connectivity index (χ3n) is 4.43. The zero-order valence-corrected chi connectivity index (χ0v) is 12.4. The molecule has 0 bridgehead atoms. The minimum Gasteiger partial charge on any atom is -0.343 e. The molecular formula is C15H29N3O. The summed E-state index contributed by atoms with van der Waals surface area (Å²) in [5.41, 5.74) is 0. The molecule has 4 nitrogen and oxygen atoms in total. The molecule has 2 aliphatic rings. The molecule has 0 aliphatic carbocycles. The molecule has 1 unspecified atom stereocenters. The maximum absolute atomic E-state index is 12.0. The SMILES string of the molecule is CN1CCCC(NCCC(=O)N2CCCCC2)CC1. The Bertz CT molecular complexity index is 277. The monoisotopic (exact) mass is 267 g/mol. The van der Waals surface area contributed by atoms with Crippen molar-refractivity contribution in [2.24, 2.45) is 0 Å². The average Bonchev–Trinajstić information content (AvgIpc) is 2.65. The lowest BCUT2D eigenvalue weighted by molar-refractivity contribution is -0.132. The van der Waals surface area contributed by atoms with Crippen molar-refractivity contribution in [3.8, 4) is 0 Å². The van der Waals surface area contributed by atoms with Gasteiger partial charge in [-0.1, -0.05) is 0 Å². The van der Waals surface area contributed by atoms with Crippen LogP contribution >= 0.6 is 0 Å². The first-order chi connectivity index (χ1) is 9.25. The normalized spacial score (nSPS) is 26.2. The topological polar surface area (TPSA) is 35.6 Å². The number of hydrogen-bond donors (Lipinski definition) is 1.